The molecule has 1 unspecified atom stereocenters. The molecule has 21 heavy (non-hydrogen) atoms. The summed E-state index contributed by atoms with van der Waals surface area (Å²) < 4.78 is 37.1. The highest BCUT2D eigenvalue weighted by Crippen LogP contribution is 2.20. The Bertz CT molecular complexity index is 551. The van der Waals surface area contributed by atoms with E-state index in [9.17, 15) is 8.42 Å². The van der Waals surface area contributed by atoms with Crippen LogP contribution in [0.15, 0.2) is 23.1 Å². The second kappa shape index (κ2) is 8.67. The summed E-state index contributed by atoms with van der Waals surface area (Å²) in [6, 6.07) is 4.60. The van der Waals surface area contributed by atoms with Crippen LogP contribution in [0.4, 0.5) is 0 Å². The van der Waals surface area contributed by atoms with Gasteiger partial charge in [-0.1, -0.05) is 11.6 Å². The Kier molecular flexibility index (Phi) is 7.58. The highest BCUT2D eigenvalue weighted by molar-refractivity contribution is 7.89. The van der Waals surface area contributed by atoms with E-state index in [2.05, 4.69) is 10.0 Å². The van der Waals surface area contributed by atoms with Crippen LogP contribution in [0.25, 0.3) is 0 Å². The van der Waals surface area contributed by atoms with Crippen molar-refractivity contribution in [3.8, 4) is 0 Å². The highest BCUT2D eigenvalue weighted by Gasteiger charge is 2.18. The minimum atomic E-state index is -3.61. The first-order chi connectivity index (χ1) is 9.94. The minimum Gasteiger partial charge on any atom is -0.382 e. The fourth-order valence-corrected chi connectivity index (χ4v) is 3.03. The third-order valence-electron chi connectivity index (χ3n) is 2.88. The largest absolute Gasteiger partial charge is 0.382 e. The van der Waals surface area contributed by atoms with Gasteiger partial charge in [-0.25, -0.2) is 13.1 Å². The van der Waals surface area contributed by atoms with Crippen molar-refractivity contribution >= 4 is 21.6 Å². The molecule has 0 aliphatic heterocycles. The van der Waals surface area contributed by atoms with Crippen LogP contribution in [-0.4, -0.2) is 48.9 Å². The number of hydrogen-bond donors (Lipinski definition) is 2. The van der Waals surface area contributed by atoms with E-state index in [1.165, 1.54) is 20.3 Å². The Hall–Kier alpha value is -0.700. The molecule has 0 bridgehead atoms. The molecule has 0 saturated heterocycles. The van der Waals surface area contributed by atoms with Crippen molar-refractivity contribution < 1.29 is 17.9 Å². The normalized spacial score (nSPS) is 13.3. The third-order valence-corrected chi connectivity index (χ3v) is 4.67. The van der Waals surface area contributed by atoms with Crippen LogP contribution in [0.3, 0.4) is 0 Å². The molecule has 0 fully saturated rings. The standard InChI is InChI=1S/C13H21ClN2O4S/c1-15-7-10-6-12(4-5-13(10)14)21(17,18)16-8-11(20-3)9-19-2/h4-6,11,15-16H,7-9H2,1-3H3. The highest BCUT2D eigenvalue weighted by atomic mass is 35.5. The van der Waals surface area contributed by atoms with Crippen molar-refractivity contribution in [2.45, 2.75) is 17.5 Å². The maximum Gasteiger partial charge on any atom is 0.240 e. The number of nitrogens with one attached hydrogen (secondary N) is 2. The molecule has 8 heteroatoms. The van der Waals surface area contributed by atoms with Crippen LogP contribution in [0, 0.1) is 0 Å². The molecular formula is C13H21ClN2O4S. The van der Waals surface area contributed by atoms with E-state index >= 15 is 0 Å². The molecule has 0 aliphatic rings. The molecule has 1 atom stereocenters. The molecule has 0 saturated carbocycles. The summed E-state index contributed by atoms with van der Waals surface area (Å²) in [6.45, 7) is 0.938. The van der Waals surface area contributed by atoms with Crippen molar-refractivity contribution in [2.75, 3.05) is 34.4 Å². The van der Waals surface area contributed by atoms with Gasteiger partial charge >= 0.3 is 0 Å². The first-order valence-corrected chi connectivity index (χ1v) is 8.25. The van der Waals surface area contributed by atoms with Gasteiger partial charge in [-0.2, -0.15) is 0 Å². The van der Waals surface area contributed by atoms with Crippen molar-refractivity contribution in [1.29, 1.82) is 0 Å². The van der Waals surface area contributed by atoms with Crippen molar-refractivity contribution in [3.63, 3.8) is 0 Å². The summed E-state index contributed by atoms with van der Waals surface area (Å²) in [4.78, 5) is 0.171. The zero-order chi connectivity index (χ0) is 15.9. The molecule has 0 spiro atoms. The fraction of sp³-hybridized carbons (Fsp3) is 0.538. The van der Waals surface area contributed by atoms with E-state index in [-0.39, 0.29) is 17.5 Å². The lowest BCUT2D eigenvalue weighted by molar-refractivity contribution is 0.0320. The predicted octanol–water partition coefficient (Wildman–Crippen LogP) is 0.999. The fourth-order valence-electron chi connectivity index (χ4n) is 1.73. The first kappa shape index (κ1) is 18.3. The van der Waals surface area contributed by atoms with Gasteiger partial charge in [0.2, 0.25) is 10.0 Å². The Balaban J connectivity index is 2.85. The topological polar surface area (TPSA) is 76.7 Å². The van der Waals surface area contributed by atoms with Gasteiger partial charge in [0.15, 0.2) is 0 Å². The van der Waals surface area contributed by atoms with Gasteiger partial charge in [0.05, 0.1) is 17.6 Å². The second-order valence-electron chi connectivity index (χ2n) is 4.45. The van der Waals surface area contributed by atoms with E-state index in [4.69, 9.17) is 21.1 Å². The molecule has 0 radical (unpaired) electrons. The molecule has 6 nitrogen and oxygen atoms in total. The maximum absolute atomic E-state index is 12.3. The average molecular weight is 337 g/mol. The summed E-state index contributed by atoms with van der Waals surface area (Å²) in [6.07, 6.45) is -0.339. The molecule has 1 rings (SSSR count). The lowest BCUT2D eigenvalue weighted by atomic mass is 10.2. The first-order valence-electron chi connectivity index (χ1n) is 6.39. The van der Waals surface area contributed by atoms with Gasteiger partial charge < -0.3 is 14.8 Å². The van der Waals surface area contributed by atoms with Gasteiger partial charge in [0.1, 0.15) is 0 Å². The van der Waals surface area contributed by atoms with Crippen LogP contribution in [0.2, 0.25) is 5.02 Å². The molecule has 0 amide bonds. The molecule has 120 valence electrons. The number of benzene rings is 1. The van der Waals surface area contributed by atoms with Crippen molar-refractivity contribution in [3.05, 3.63) is 28.8 Å². The number of ether oxygens (including phenoxy) is 2. The number of hydrogen-bond acceptors (Lipinski definition) is 5. The van der Waals surface area contributed by atoms with E-state index in [1.807, 2.05) is 0 Å². The predicted molar refractivity (Wildman–Crippen MR) is 82.1 cm³/mol. The van der Waals surface area contributed by atoms with Gasteiger partial charge in [-0.3, -0.25) is 0 Å². The van der Waals surface area contributed by atoms with Crippen LogP contribution in [0.5, 0.6) is 0 Å². The molecule has 0 aliphatic carbocycles. The lowest BCUT2D eigenvalue weighted by Crippen LogP contribution is -2.35. The third kappa shape index (κ3) is 5.54. The number of methoxy groups -OCH3 is 2. The number of sulfonamides is 1. The smallest absolute Gasteiger partial charge is 0.240 e. The number of halogens is 1. The van der Waals surface area contributed by atoms with Gasteiger partial charge in [-0.05, 0) is 30.8 Å². The summed E-state index contributed by atoms with van der Waals surface area (Å²) in [5.74, 6) is 0. The second-order valence-corrected chi connectivity index (χ2v) is 6.62. The number of rotatable bonds is 9. The van der Waals surface area contributed by atoms with E-state index in [0.29, 0.717) is 18.2 Å². The molecule has 1 aromatic carbocycles. The van der Waals surface area contributed by atoms with Crippen LogP contribution >= 0.6 is 11.6 Å². The molecule has 0 heterocycles. The van der Waals surface area contributed by atoms with Crippen LogP contribution in [-0.2, 0) is 26.0 Å². The van der Waals surface area contributed by atoms with E-state index < -0.39 is 10.0 Å². The Morgan fingerprint density at radius 3 is 2.62 bits per heavy atom. The SMILES string of the molecule is CNCc1cc(S(=O)(=O)NCC(COC)OC)ccc1Cl. The van der Waals surface area contributed by atoms with Gasteiger partial charge in [-0.15, -0.1) is 0 Å². The van der Waals surface area contributed by atoms with Gasteiger partial charge in [0.25, 0.3) is 0 Å². The monoisotopic (exact) mass is 336 g/mol. The summed E-state index contributed by atoms with van der Waals surface area (Å²) in [5, 5.41) is 3.47. The summed E-state index contributed by atoms with van der Waals surface area (Å²) >= 11 is 6.02. The van der Waals surface area contributed by atoms with Crippen molar-refractivity contribution in [2.24, 2.45) is 0 Å². The van der Waals surface area contributed by atoms with Crippen molar-refractivity contribution in [1.82, 2.24) is 10.0 Å². The Labute approximate surface area is 130 Å². The summed E-state index contributed by atoms with van der Waals surface area (Å²) in [5.41, 5.74) is 0.724. The van der Waals surface area contributed by atoms with Gasteiger partial charge in [0, 0.05) is 32.3 Å². The molecule has 2 N–H and O–H groups in total. The molecule has 0 aromatic heterocycles. The Morgan fingerprint density at radius 1 is 1.33 bits per heavy atom. The minimum absolute atomic E-state index is 0.136. The van der Waals surface area contributed by atoms with E-state index in [0.717, 1.165) is 5.56 Å². The zero-order valence-electron chi connectivity index (χ0n) is 12.3. The molecule has 1 aromatic rings. The van der Waals surface area contributed by atoms with E-state index in [1.54, 1.807) is 19.2 Å². The summed E-state index contributed by atoms with van der Waals surface area (Å²) in [7, 11) is 1.19. The maximum atomic E-state index is 12.3. The zero-order valence-corrected chi connectivity index (χ0v) is 13.9. The lowest BCUT2D eigenvalue weighted by Gasteiger charge is -2.15. The van der Waals surface area contributed by atoms with Crippen LogP contribution in [0.1, 0.15) is 5.56 Å². The Morgan fingerprint density at radius 2 is 2.05 bits per heavy atom. The average Bonchev–Trinajstić information content (AvgIpc) is 2.45. The quantitative estimate of drug-likeness (QED) is 0.703. The van der Waals surface area contributed by atoms with Crippen LogP contribution < -0.4 is 10.0 Å². The molecular weight excluding hydrogens is 316 g/mol.